The lowest BCUT2D eigenvalue weighted by molar-refractivity contribution is 0.0233. The Hall–Kier alpha value is -1.24. The molecule has 15 heavy (non-hydrogen) atoms. The molecule has 2 rings (SSSR count). The van der Waals surface area contributed by atoms with Crippen molar-refractivity contribution in [2.75, 3.05) is 6.54 Å². The van der Waals surface area contributed by atoms with Gasteiger partial charge in [0.2, 0.25) is 0 Å². The lowest BCUT2D eigenvalue weighted by Crippen LogP contribution is -2.41. The molecule has 1 heterocycles. The summed E-state index contributed by atoms with van der Waals surface area (Å²) >= 11 is 0. The number of piperidine rings is 1. The molecule has 0 aromatic rings. The second-order valence-electron chi connectivity index (χ2n) is 5.37. The molecule has 1 saturated heterocycles. The maximum absolute atomic E-state index is 11.7. The summed E-state index contributed by atoms with van der Waals surface area (Å²) in [5.74, 6) is 0.949. The topological polar surface area (TPSA) is 53.3 Å². The van der Waals surface area contributed by atoms with Gasteiger partial charge in [-0.25, -0.2) is 4.79 Å². The van der Waals surface area contributed by atoms with Gasteiger partial charge < -0.3 is 4.74 Å². The number of carbonyl (C=O) groups excluding carboxylic acids is 1. The number of nitrogens with zero attached hydrogens (tertiary/aromatic N) is 2. The average molecular weight is 208 g/mol. The summed E-state index contributed by atoms with van der Waals surface area (Å²) in [4.78, 5) is 13.3. The summed E-state index contributed by atoms with van der Waals surface area (Å²) in [7, 11) is 0. The molecule has 0 bridgehead atoms. The van der Waals surface area contributed by atoms with Crippen molar-refractivity contribution in [3.63, 3.8) is 0 Å². The van der Waals surface area contributed by atoms with Crippen LogP contribution in [-0.2, 0) is 4.74 Å². The van der Waals surface area contributed by atoms with E-state index in [-0.39, 0.29) is 12.1 Å². The molecule has 0 radical (unpaired) electrons. The van der Waals surface area contributed by atoms with Gasteiger partial charge in [-0.3, -0.25) is 4.90 Å². The molecule has 4 nitrogen and oxygen atoms in total. The van der Waals surface area contributed by atoms with E-state index in [1.165, 1.54) is 0 Å². The zero-order chi connectivity index (χ0) is 11.2. The number of hydrogen-bond acceptors (Lipinski definition) is 3. The largest absolute Gasteiger partial charge is 0.444 e. The third-order valence-corrected chi connectivity index (χ3v) is 2.91. The van der Waals surface area contributed by atoms with Gasteiger partial charge in [0.25, 0.3) is 0 Å². The number of carbonyl (C=O) groups is 1. The number of nitriles is 1. The molecule has 2 aliphatic rings. The fourth-order valence-corrected chi connectivity index (χ4v) is 2.14. The highest BCUT2D eigenvalue weighted by Gasteiger charge is 2.55. The summed E-state index contributed by atoms with van der Waals surface area (Å²) in [6.45, 7) is 6.20. The lowest BCUT2D eigenvalue weighted by atomic mass is 10.2. The Morgan fingerprint density at radius 3 is 2.73 bits per heavy atom. The van der Waals surface area contributed by atoms with Crippen LogP contribution >= 0.6 is 0 Å². The molecule has 0 aromatic heterocycles. The minimum Gasteiger partial charge on any atom is -0.444 e. The van der Waals surface area contributed by atoms with Crippen LogP contribution < -0.4 is 0 Å². The molecule has 82 valence electrons. The van der Waals surface area contributed by atoms with Gasteiger partial charge in [-0.1, -0.05) is 0 Å². The first-order chi connectivity index (χ1) is 6.92. The fraction of sp³-hybridized carbons (Fsp3) is 0.818. The highest BCUT2D eigenvalue weighted by Crippen LogP contribution is 2.49. The molecule has 2 fully saturated rings. The second kappa shape index (κ2) is 3.13. The number of fused-ring (bicyclic) bond motifs is 1. The molecule has 1 aliphatic heterocycles. The summed E-state index contributed by atoms with van der Waals surface area (Å²) in [5.41, 5.74) is -0.482. The number of ether oxygens (including phenoxy) is 1. The number of hydrogen-bond donors (Lipinski definition) is 0. The van der Waals surface area contributed by atoms with Crippen LogP contribution in [0, 0.1) is 23.2 Å². The van der Waals surface area contributed by atoms with E-state index >= 15 is 0 Å². The van der Waals surface area contributed by atoms with Crippen LogP contribution in [0.3, 0.4) is 0 Å². The Bertz CT molecular complexity index is 326. The average Bonchev–Trinajstić information content (AvgIpc) is 2.75. The van der Waals surface area contributed by atoms with Crippen molar-refractivity contribution in [1.82, 2.24) is 4.90 Å². The third kappa shape index (κ3) is 1.92. The van der Waals surface area contributed by atoms with Crippen LogP contribution in [0.15, 0.2) is 0 Å². The molecule has 1 amide bonds. The van der Waals surface area contributed by atoms with Crippen LogP contribution in [0.1, 0.15) is 27.2 Å². The molecule has 4 heteroatoms. The molecule has 0 aromatic carbocycles. The monoisotopic (exact) mass is 208 g/mol. The second-order valence-corrected chi connectivity index (χ2v) is 5.37. The van der Waals surface area contributed by atoms with Crippen molar-refractivity contribution in [3.05, 3.63) is 0 Å². The van der Waals surface area contributed by atoms with Crippen LogP contribution in [0.2, 0.25) is 0 Å². The molecule has 1 aliphatic carbocycles. The van der Waals surface area contributed by atoms with Crippen molar-refractivity contribution in [1.29, 1.82) is 5.26 Å². The summed E-state index contributed by atoms with van der Waals surface area (Å²) in [6, 6.07) is 1.94. The fourth-order valence-electron chi connectivity index (χ4n) is 2.14. The molecule has 0 N–H and O–H groups in total. The van der Waals surface area contributed by atoms with E-state index in [2.05, 4.69) is 6.07 Å². The van der Waals surface area contributed by atoms with E-state index in [1.54, 1.807) is 4.90 Å². The predicted octanol–water partition coefficient (Wildman–Crippen LogP) is 1.77. The Labute approximate surface area is 89.8 Å². The summed E-state index contributed by atoms with van der Waals surface area (Å²) < 4.78 is 5.26. The molecule has 0 unspecified atom stereocenters. The molecule has 0 spiro atoms. The van der Waals surface area contributed by atoms with E-state index in [0.717, 1.165) is 6.42 Å². The first-order valence-corrected chi connectivity index (χ1v) is 5.31. The van der Waals surface area contributed by atoms with E-state index in [4.69, 9.17) is 10.00 Å². The zero-order valence-electron chi connectivity index (χ0n) is 9.36. The highest BCUT2D eigenvalue weighted by atomic mass is 16.6. The van der Waals surface area contributed by atoms with Gasteiger partial charge in [0.05, 0.1) is 6.07 Å². The minimum absolute atomic E-state index is 0.259. The van der Waals surface area contributed by atoms with E-state index < -0.39 is 5.60 Å². The van der Waals surface area contributed by atoms with Crippen LogP contribution in [0.25, 0.3) is 0 Å². The van der Waals surface area contributed by atoms with Gasteiger partial charge in [-0.15, -0.1) is 0 Å². The van der Waals surface area contributed by atoms with Gasteiger partial charge in [0.1, 0.15) is 11.6 Å². The molecular weight excluding hydrogens is 192 g/mol. The van der Waals surface area contributed by atoms with Crippen LogP contribution in [-0.4, -0.2) is 29.2 Å². The normalized spacial score (nSPS) is 33.2. The Morgan fingerprint density at radius 2 is 2.20 bits per heavy atom. The SMILES string of the molecule is CC(C)(C)OC(=O)N1C[C@H]2C[C@H]2[C@H]1C#N. The maximum atomic E-state index is 11.7. The smallest absolute Gasteiger partial charge is 0.411 e. The number of rotatable bonds is 0. The van der Waals surface area contributed by atoms with Crippen molar-refractivity contribution in [2.24, 2.45) is 11.8 Å². The molecule has 3 atom stereocenters. The predicted molar refractivity (Wildman–Crippen MR) is 53.9 cm³/mol. The van der Waals surface area contributed by atoms with Crippen LogP contribution in [0.4, 0.5) is 4.79 Å². The highest BCUT2D eigenvalue weighted by molar-refractivity contribution is 5.70. The van der Waals surface area contributed by atoms with Gasteiger partial charge in [0, 0.05) is 6.54 Å². The number of likely N-dealkylation sites (tertiary alicyclic amines) is 1. The molecular formula is C11H16N2O2. The van der Waals surface area contributed by atoms with Crippen molar-refractivity contribution in [2.45, 2.75) is 38.8 Å². The third-order valence-electron chi connectivity index (χ3n) is 2.91. The first kappa shape index (κ1) is 10.3. The minimum atomic E-state index is -0.482. The first-order valence-electron chi connectivity index (χ1n) is 5.31. The van der Waals surface area contributed by atoms with Gasteiger partial charge in [-0.05, 0) is 39.0 Å². The zero-order valence-corrected chi connectivity index (χ0v) is 9.36. The maximum Gasteiger partial charge on any atom is 0.411 e. The number of amides is 1. The van der Waals surface area contributed by atoms with Gasteiger partial charge in [-0.2, -0.15) is 5.26 Å². The van der Waals surface area contributed by atoms with Crippen LogP contribution in [0.5, 0.6) is 0 Å². The summed E-state index contributed by atoms with van der Waals surface area (Å²) in [5, 5.41) is 8.98. The standard InChI is InChI=1S/C11H16N2O2/c1-11(2,3)15-10(14)13-6-7-4-8(7)9(13)5-12/h7-9H,4,6H2,1-3H3/t7-,8-,9-/m1/s1. The van der Waals surface area contributed by atoms with E-state index in [9.17, 15) is 4.79 Å². The Morgan fingerprint density at radius 1 is 1.53 bits per heavy atom. The van der Waals surface area contributed by atoms with Crippen molar-refractivity contribution in [3.8, 4) is 6.07 Å². The van der Waals surface area contributed by atoms with E-state index in [1.807, 2.05) is 20.8 Å². The van der Waals surface area contributed by atoms with Gasteiger partial charge >= 0.3 is 6.09 Å². The van der Waals surface area contributed by atoms with Crippen molar-refractivity contribution >= 4 is 6.09 Å². The lowest BCUT2D eigenvalue weighted by Gasteiger charge is -2.27. The summed E-state index contributed by atoms with van der Waals surface area (Å²) in [6.07, 6.45) is 0.749. The quantitative estimate of drug-likeness (QED) is 0.609. The van der Waals surface area contributed by atoms with E-state index in [0.29, 0.717) is 18.4 Å². The van der Waals surface area contributed by atoms with Crippen molar-refractivity contribution < 1.29 is 9.53 Å². The van der Waals surface area contributed by atoms with Gasteiger partial charge in [0.15, 0.2) is 0 Å². The Kier molecular flexibility index (Phi) is 2.14. The Balaban J connectivity index is 2.00. The molecule has 1 saturated carbocycles.